The van der Waals surface area contributed by atoms with Crippen LogP contribution in [0.2, 0.25) is 0 Å². The van der Waals surface area contributed by atoms with Crippen LogP contribution >= 0.6 is 11.8 Å². The van der Waals surface area contributed by atoms with E-state index in [4.69, 9.17) is 5.73 Å². The number of thioether (sulfide) groups is 1. The van der Waals surface area contributed by atoms with Gasteiger partial charge in [-0.15, -0.1) is 11.8 Å². The highest BCUT2D eigenvalue weighted by Gasteiger charge is 2.25. The second kappa shape index (κ2) is 6.07. The molecule has 1 saturated carbocycles. The molecule has 2 atom stereocenters. The van der Waals surface area contributed by atoms with Gasteiger partial charge in [-0.05, 0) is 37.5 Å². The first kappa shape index (κ1) is 14.4. The molecule has 0 spiro atoms. The maximum Gasteiger partial charge on any atom is 0.234 e. The van der Waals surface area contributed by atoms with Gasteiger partial charge in [-0.25, -0.2) is 0 Å². The molecule has 1 aliphatic heterocycles. The lowest BCUT2D eigenvalue weighted by Gasteiger charge is -2.26. The van der Waals surface area contributed by atoms with Crippen molar-refractivity contribution < 1.29 is 9.59 Å². The van der Waals surface area contributed by atoms with Gasteiger partial charge < -0.3 is 16.4 Å². The molecule has 0 bridgehead atoms. The number of nitrogens with two attached hydrogens (primary N) is 1. The molecule has 0 saturated heterocycles. The van der Waals surface area contributed by atoms with Crippen molar-refractivity contribution >= 4 is 35.0 Å². The molecule has 1 heterocycles. The fourth-order valence-corrected chi connectivity index (χ4v) is 3.66. The molecular weight excluding hydrogens is 286 g/mol. The Bertz CT molecular complexity index is 576. The van der Waals surface area contributed by atoms with Crippen LogP contribution in [0, 0.1) is 5.92 Å². The summed E-state index contributed by atoms with van der Waals surface area (Å²) in [4.78, 5) is 24.7. The summed E-state index contributed by atoms with van der Waals surface area (Å²) >= 11 is 1.51. The molecule has 21 heavy (non-hydrogen) atoms. The molecule has 1 aromatic carbocycles. The van der Waals surface area contributed by atoms with Crippen LogP contribution in [0.5, 0.6) is 0 Å². The van der Waals surface area contributed by atoms with Gasteiger partial charge in [0.25, 0.3) is 0 Å². The predicted octanol–water partition coefficient (Wildman–Crippen LogP) is 2.19. The van der Waals surface area contributed by atoms with E-state index in [9.17, 15) is 9.59 Å². The maximum absolute atomic E-state index is 12.3. The summed E-state index contributed by atoms with van der Waals surface area (Å²) < 4.78 is 0. The van der Waals surface area contributed by atoms with Crippen molar-refractivity contribution in [1.29, 1.82) is 0 Å². The molecule has 112 valence electrons. The van der Waals surface area contributed by atoms with Gasteiger partial charge in [0.15, 0.2) is 0 Å². The van der Waals surface area contributed by atoms with Crippen LogP contribution in [0.25, 0.3) is 0 Å². The minimum Gasteiger partial charge on any atom is -0.328 e. The lowest BCUT2D eigenvalue weighted by molar-refractivity contribution is -0.121. The first-order chi connectivity index (χ1) is 10.1. The number of hydrogen-bond acceptors (Lipinski definition) is 4. The van der Waals surface area contributed by atoms with E-state index < -0.39 is 0 Å². The van der Waals surface area contributed by atoms with E-state index in [0.29, 0.717) is 5.75 Å². The van der Waals surface area contributed by atoms with Crippen LogP contribution in [0.15, 0.2) is 23.1 Å². The molecule has 0 radical (unpaired) electrons. The van der Waals surface area contributed by atoms with Gasteiger partial charge in [-0.2, -0.15) is 0 Å². The summed E-state index contributed by atoms with van der Waals surface area (Å²) in [6, 6.07) is 5.76. The van der Waals surface area contributed by atoms with E-state index in [2.05, 4.69) is 10.6 Å². The number of amides is 2. The molecule has 1 fully saturated rings. The molecule has 3 rings (SSSR count). The van der Waals surface area contributed by atoms with Crippen LogP contribution < -0.4 is 16.4 Å². The summed E-state index contributed by atoms with van der Waals surface area (Å²) in [7, 11) is 0. The van der Waals surface area contributed by atoms with Gasteiger partial charge in [-0.3, -0.25) is 9.59 Å². The smallest absolute Gasteiger partial charge is 0.234 e. The number of carbonyl (C=O) groups is 2. The summed E-state index contributed by atoms with van der Waals surface area (Å²) in [6.07, 6.45) is 3.67. The van der Waals surface area contributed by atoms with Gasteiger partial charge in [0.2, 0.25) is 11.8 Å². The van der Waals surface area contributed by atoms with E-state index in [0.717, 1.165) is 42.0 Å². The molecule has 2 aliphatic rings. The standard InChI is InChI=1S/C15H19N3O2S/c16-10-3-1-2-9(6-10)15(20)17-11-4-5-13-12(7-11)18-14(19)8-21-13/h4-5,7,9-10H,1-3,6,8,16H2,(H,17,20)(H,18,19). The van der Waals surface area contributed by atoms with Crippen molar-refractivity contribution in [2.75, 3.05) is 16.4 Å². The zero-order valence-electron chi connectivity index (χ0n) is 11.7. The topological polar surface area (TPSA) is 84.2 Å². The van der Waals surface area contributed by atoms with Crippen LogP contribution in [0.1, 0.15) is 25.7 Å². The van der Waals surface area contributed by atoms with Gasteiger partial charge in [0, 0.05) is 22.5 Å². The fraction of sp³-hybridized carbons (Fsp3) is 0.467. The average molecular weight is 305 g/mol. The van der Waals surface area contributed by atoms with E-state index in [1.165, 1.54) is 11.8 Å². The Morgan fingerprint density at radius 1 is 1.38 bits per heavy atom. The lowest BCUT2D eigenvalue weighted by Crippen LogP contribution is -2.34. The van der Waals surface area contributed by atoms with E-state index in [-0.39, 0.29) is 23.8 Å². The van der Waals surface area contributed by atoms with Crippen molar-refractivity contribution in [1.82, 2.24) is 0 Å². The highest BCUT2D eigenvalue weighted by molar-refractivity contribution is 8.00. The molecular formula is C15H19N3O2S. The molecule has 2 unspecified atom stereocenters. The highest BCUT2D eigenvalue weighted by atomic mass is 32.2. The van der Waals surface area contributed by atoms with Crippen LogP contribution in [0.3, 0.4) is 0 Å². The number of carbonyl (C=O) groups excluding carboxylic acids is 2. The molecule has 0 aromatic heterocycles. The molecule has 1 aromatic rings. The second-order valence-corrected chi connectivity index (χ2v) is 6.68. The molecule has 4 N–H and O–H groups in total. The Balaban J connectivity index is 1.68. The third-order valence-corrected chi connectivity index (χ3v) is 5.04. The predicted molar refractivity (Wildman–Crippen MR) is 84.4 cm³/mol. The molecule has 2 amide bonds. The number of hydrogen-bond donors (Lipinski definition) is 3. The zero-order chi connectivity index (χ0) is 14.8. The average Bonchev–Trinajstić information content (AvgIpc) is 2.46. The fourth-order valence-electron chi connectivity index (χ4n) is 2.87. The van der Waals surface area contributed by atoms with Crippen molar-refractivity contribution in [3.8, 4) is 0 Å². The zero-order valence-corrected chi connectivity index (χ0v) is 12.5. The number of benzene rings is 1. The Hall–Kier alpha value is -1.53. The van der Waals surface area contributed by atoms with Crippen molar-refractivity contribution in [3.05, 3.63) is 18.2 Å². The summed E-state index contributed by atoms with van der Waals surface area (Å²) in [5.74, 6) is 0.460. The van der Waals surface area contributed by atoms with E-state index in [1.54, 1.807) is 0 Å². The molecule has 1 aliphatic carbocycles. The lowest BCUT2D eigenvalue weighted by atomic mass is 9.85. The molecule has 6 heteroatoms. The maximum atomic E-state index is 12.3. The minimum absolute atomic E-state index is 0.00534. The third kappa shape index (κ3) is 3.39. The minimum atomic E-state index is -0.00579. The first-order valence-corrected chi connectivity index (χ1v) is 8.23. The summed E-state index contributed by atoms with van der Waals surface area (Å²) in [5, 5.41) is 5.77. The quantitative estimate of drug-likeness (QED) is 0.782. The van der Waals surface area contributed by atoms with Crippen LogP contribution in [-0.4, -0.2) is 23.6 Å². The normalized spacial score (nSPS) is 24.9. The van der Waals surface area contributed by atoms with Gasteiger partial charge in [0.1, 0.15) is 0 Å². The van der Waals surface area contributed by atoms with E-state index >= 15 is 0 Å². The first-order valence-electron chi connectivity index (χ1n) is 7.25. The number of fused-ring (bicyclic) bond motifs is 1. The Labute approximate surface area is 128 Å². The SMILES string of the molecule is NC1CCCC(C(=O)Nc2ccc3c(c2)NC(=O)CS3)C1. The summed E-state index contributed by atoms with van der Waals surface area (Å²) in [6.45, 7) is 0. The van der Waals surface area contributed by atoms with Crippen LogP contribution in [0.4, 0.5) is 11.4 Å². The molecule has 5 nitrogen and oxygen atoms in total. The van der Waals surface area contributed by atoms with Crippen molar-refractivity contribution in [2.45, 2.75) is 36.6 Å². The van der Waals surface area contributed by atoms with Gasteiger partial charge >= 0.3 is 0 Å². The number of nitrogens with one attached hydrogen (secondary N) is 2. The van der Waals surface area contributed by atoms with Crippen molar-refractivity contribution in [3.63, 3.8) is 0 Å². The van der Waals surface area contributed by atoms with Gasteiger partial charge in [0.05, 0.1) is 11.4 Å². The highest BCUT2D eigenvalue weighted by Crippen LogP contribution is 2.33. The van der Waals surface area contributed by atoms with Crippen molar-refractivity contribution in [2.24, 2.45) is 11.7 Å². The number of anilines is 2. The third-order valence-electron chi connectivity index (χ3n) is 3.97. The van der Waals surface area contributed by atoms with Crippen LogP contribution in [-0.2, 0) is 9.59 Å². The largest absolute Gasteiger partial charge is 0.328 e. The summed E-state index contributed by atoms with van der Waals surface area (Å²) in [5.41, 5.74) is 7.43. The number of rotatable bonds is 2. The van der Waals surface area contributed by atoms with Gasteiger partial charge in [-0.1, -0.05) is 6.42 Å². The Morgan fingerprint density at radius 2 is 2.24 bits per heavy atom. The second-order valence-electron chi connectivity index (χ2n) is 5.66. The Kier molecular flexibility index (Phi) is 4.17. The van der Waals surface area contributed by atoms with E-state index in [1.807, 2.05) is 18.2 Å². The monoisotopic (exact) mass is 305 g/mol. The Morgan fingerprint density at radius 3 is 3.05 bits per heavy atom.